The molecular formula is C16H25NO. The monoisotopic (exact) mass is 247 g/mol. The van der Waals surface area contributed by atoms with E-state index in [0.29, 0.717) is 0 Å². The molecule has 0 fully saturated rings. The van der Waals surface area contributed by atoms with Crippen molar-refractivity contribution in [3.05, 3.63) is 29.3 Å². The topological polar surface area (TPSA) is 23.5 Å². The van der Waals surface area contributed by atoms with Crippen LogP contribution in [0.2, 0.25) is 0 Å². The summed E-state index contributed by atoms with van der Waals surface area (Å²) in [5, 5.41) is 9.26. The lowest BCUT2D eigenvalue weighted by Gasteiger charge is -2.31. The van der Waals surface area contributed by atoms with Gasteiger partial charge in [0, 0.05) is 18.8 Å². The zero-order chi connectivity index (χ0) is 13.0. The first kappa shape index (κ1) is 13.4. The van der Waals surface area contributed by atoms with Gasteiger partial charge in [-0.25, -0.2) is 0 Å². The molecular weight excluding hydrogens is 222 g/mol. The van der Waals surface area contributed by atoms with Crippen molar-refractivity contribution in [3.63, 3.8) is 0 Å². The second kappa shape index (κ2) is 6.24. The van der Waals surface area contributed by atoms with Crippen molar-refractivity contribution < 1.29 is 5.11 Å². The Morgan fingerprint density at radius 1 is 1.33 bits per heavy atom. The van der Waals surface area contributed by atoms with Crippen LogP contribution < -0.4 is 4.90 Å². The fraction of sp³-hybridized carbons (Fsp3) is 0.625. The highest BCUT2D eigenvalue weighted by molar-refractivity contribution is 5.56. The number of rotatable bonds is 5. The standard InChI is InChI=1S/C16H25NO/c1-13-8-9-16-15(12-13)7-5-11-17(16)10-4-3-6-14(2)18/h8-9,12,14,18H,3-7,10-11H2,1-2H3. The SMILES string of the molecule is Cc1ccc2c(c1)CCCN2CCCCC(C)O. The highest BCUT2D eigenvalue weighted by atomic mass is 16.3. The normalized spacial score (nSPS) is 16.5. The molecule has 1 atom stereocenters. The number of fused-ring (bicyclic) bond motifs is 1. The first-order valence-electron chi connectivity index (χ1n) is 7.19. The van der Waals surface area contributed by atoms with Gasteiger partial charge in [0.1, 0.15) is 0 Å². The third-order valence-corrected chi connectivity index (χ3v) is 3.75. The summed E-state index contributed by atoms with van der Waals surface area (Å²) in [5.41, 5.74) is 4.31. The van der Waals surface area contributed by atoms with E-state index in [4.69, 9.17) is 0 Å². The van der Waals surface area contributed by atoms with Crippen molar-refractivity contribution >= 4 is 5.69 Å². The molecule has 1 heterocycles. The van der Waals surface area contributed by atoms with E-state index in [2.05, 4.69) is 30.0 Å². The summed E-state index contributed by atoms with van der Waals surface area (Å²) in [6.07, 6.45) is 5.57. The molecule has 100 valence electrons. The van der Waals surface area contributed by atoms with Gasteiger partial charge >= 0.3 is 0 Å². The van der Waals surface area contributed by atoms with Crippen LogP contribution in [0.25, 0.3) is 0 Å². The predicted octanol–water partition coefficient (Wildman–Crippen LogP) is 3.30. The number of aryl methyl sites for hydroxylation is 2. The fourth-order valence-electron chi connectivity index (χ4n) is 2.78. The summed E-state index contributed by atoms with van der Waals surface area (Å²) in [4.78, 5) is 2.51. The molecule has 0 aliphatic carbocycles. The Bertz CT molecular complexity index is 387. The van der Waals surface area contributed by atoms with Crippen LogP contribution in [0.15, 0.2) is 18.2 Å². The molecule has 0 saturated carbocycles. The smallest absolute Gasteiger partial charge is 0.0512 e. The van der Waals surface area contributed by atoms with Crippen LogP contribution in [-0.4, -0.2) is 24.3 Å². The second-order valence-corrected chi connectivity index (χ2v) is 5.57. The van der Waals surface area contributed by atoms with Crippen LogP contribution in [0.5, 0.6) is 0 Å². The van der Waals surface area contributed by atoms with Crippen LogP contribution in [0.1, 0.15) is 43.7 Å². The van der Waals surface area contributed by atoms with Crippen LogP contribution in [0, 0.1) is 6.92 Å². The summed E-state index contributed by atoms with van der Waals surface area (Å²) in [6, 6.07) is 6.82. The molecule has 0 bridgehead atoms. The summed E-state index contributed by atoms with van der Waals surface area (Å²) in [6.45, 7) is 6.36. The largest absolute Gasteiger partial charge is 0.393 e. The number of anilines is 1. The second-order valence-electron chi connectivity index (χ2n) is 5.57. The summed E-state index contributed by atoms with van der Waals surface area (Å²) >= 11 is 0. The van der Waals surface area contributed by atoms with E-state index in [1.165, 1.54) is 42.6 Å². The predicted molar refractivity (Wildman–Crippen MR) is 77.2 cm³/mol. The Hall–Kier alpha value is -1.02. The number of aliphatic hydroxyl groups is 1. The maximum atomic E-state index is 9.26. The van der Waals surface area contributed by atoms with Crippen molar-refractivity contribution in [2.24, 2.45) is 0 Å². The van der Waals surface area contributed by atoms with Crippen molar-refractivity contribution in [3.8, 4) is 0 Å². The van der Waals surface area contributed by atoms with Crippen LogP contribution in [0.4, 0.5) is 5.69 Å². The molecule has 2 heteroatoms. The van der Waals surface area contributed by atoms with Gasteiger partial charge in [0.2, 0.25) is 0 Å². The average Bonchev–Trinajstić information content (AvgIpc) is 2.34. The third kappa shape index (κ3) is 3.49. The fourth-order valence-corrected chi connectivity index (χ4v) is 2.78. The highest BCUT2D eigenvalue weighted by Gasteiger charge is 2.16. The average molecular weight is 247 g/mol. The molecule has 1 aromatic rings. The summed E-state index contributed by atoms with van der Waals surface area (Å²) < 4.78 is 0. The lowest BCUT2D eigenvalue weighted by molar-refractivity contribution is 0.181. The molecule has 2 nitrogen and oxygen atoms in total. The Balaban J connectivity index is 1.91. The number of unbranched alkanes of at least 4 members (excludes halogenated alkanes) is 1. The lowest BCUT2D eigenvalue weighted by Crippen LogP contribution is -2.30. The number of hydrogen-bond acceptors (Lipinski definition) is 2. The van der Waals surface area contributed by atoms with E-state index in [1.54, 1.807) is 0 Å². The van der Waals surface area contributed by atoms with E-state index in [0.717, 1.165) is 19.4 Å². The maximum Gasteiger partial charge on any atom is 0.0512 e. The Morgan fingerprint density at radius 3 is 2.94 bits per heavy atom. The van der Waals surface area contributed by atoms with Crippen LogP contribution >= 0.6 is 0 Å². The minimum Gasteiger partial charge on any atom is -0.393 e. The van der Waals surface area contributed by atoms with Gasteiger partial charge < -0.3 is 10.0 Å². The third-order valence-electron chi connectivity index (χ3n) is 3.75. The van der Waals surface area contributed by atoms with Crippen molar-refractivity contribution in [1.82, 2.24) is 0 Å². The Kier molecular flexibility index (Phi) is 4.65. The zero-order valence-corrected chi connectivity index (χ0v) is 11.7. The van der Waals surface area contributed by atoms with Crippen LogP contribution in [-0.2, 0) is 6.42 Å². The molecule has 1 unspecified atom stereocenters. The minimum atomic E-state index is -0.152. The van der Waals surface area contributed by atoms with Gasteiger partial charge in [-0.05, 0) is 57.6 Å². The van der Waals surface area contributed by atoms with E-state index in [1.807, 2.05) is 6.92 Å². The quantitative estimate of drug-likeness (QED) is 0.807. The zero-order valence-electron chi connectivity index (χ0n) is 11.7. The summed E-state index contributed by atoms with van der Waals surface area (Å²) in [5.74, 6) is 0. The van der Waals surface area contributed by atoms with Gasteiger partial charge in [0.15, 0.2) is 0 Å². The molecule has 2 rings (SSSR count). The Labute approximate surface area is 111 Å². The van der Waals surface area contributed by atoms with E-state index in [-0.39, 0.29) is 6.10 Å². The molecule has 0 spiro atoms. The molecule has 1 aliphatic rings. The van der Waals surface area contributed by atoms with Gasteiger partial charge in [-0.15, -0.1) is 0 Å². The van der Waals surface area contributed by atoms with Crippen molar-refractivity contribution in [2.45, 2.75) is 52.1 Å². The Morgan fingerprint density at radius 2 is 2.17 bits per heavy atom. The van der Waals surface area contributed by atoms with Crippen LogP contribution in [0.3, 0.4) is 0 Å². The first-order chi connectivity index (χ1) is 8.66. The number of nitrogens with zero attached hydrogens (tertiary/aromatic N) is 1. The van der Waals surface area contributed by atoms with Crippen molar-refractivity contribution in [1.29, 1.82) is 0 Å². The van der Waals surface area contributed by atoms with Crippen molar-refractivity contribution in [2.75, 3.05) is 18.0 Å². The lowest BCUT2D eigenvalue weighted by atomic mass is 9.99. The highest BCUT2D eigenvalue weighted by Crippen LogP contribution is 2.28. The van der Waals surface area contributed by atoms with E-state index >= 15 is 0 Å². The molecule has 1 aromatic carbocycles. The van der Waals surface area contributed by atoms with Gasteiger partial charge in [-0.1, -0.05) is 17.7 Å². The first-order valence-corrected chi connectivity index (χ1v) is 7.19. The molecule has 1 aliphatic heterocycles. The van der Waals surface area contributed by atoms with Gasteiger partial charge in [0.25, 0.3) is 0 Å². The number of hydrogen-bond donors (Lipinski definition) is 1. The van der Waals surface area contributed by atoms with E-state index in [9.17, 15) is 5.11 Å². The molecule has 18 heavy (non-hydrogen) atoms. The van der Waals surface area contributed by atoms with Gasteiger partial charge in [-0.2, -0.15) is 0 Å². The maximum absolute atomic E-state index is 9.26. The number of aliphatic hydroxyl groups excluding tert-OH is 1. The summed E-state index contributed by atoms with van der Waals surface area (Å²) in [7, 11) is 0. The molecule has 0 amide bonds. The number of benzene rings is 1. The van der Waals surface area contributed by atoms with E-state index < -0.39 is 0 Å². The molecule has 0 saturated heterocycles. The van der Waals surface area contributed by atoms with Gasteiger partial charge in [-0.3, -0.25) is 0 Å². The minimum absolute atomic E-state index is 0.152. The van der Waals surface area contributed by atoms with Gasteiger partial charge in [0.05, 0.1) is 6.10 Å². The molecule has 0 radical (unpaired) electrons. The molecule has 0 aromatic heterocycles. The molecule has 1 N–H and O–H groups in total.